The number of nitrogens with one attached hydrogen (secondary N) is 1. The molecule has 0 aliphatic heterocycles. The van der Waals surface area contributed by atoms with Crippen LogP contribution < -0.4 is 5.32 Å². The van der Waals surface area contributed by atoms with E-state index in [1.54, 1.807) is 6.20 Å². The molecule has 5 heteroatoms. The number of nitrogens with zero attached hydrogens (tertiary/aromatic N) is 2. The highest BCUT2D eigenvalue weighted by Gasteiger charge is 2.21. The fourth-order valence-electron chi connectivity index (χ4n) is 2.30. The van der Waals surface area contributed by atoms with Crippen molar-refractivity contribution in [1.82, 2.24) is 15.1 Å². The fourth-order valence-corrected chi connectivity index (χ4v) is 2.30. The van der Waals surface area contributed by atoms with Crippen molar-refractivity contribution in [3.8, 4) is 11.3 Å². The van der Waals surface area contributed by atoms with Crippen LogP contribution in [0.15, 0.2) is 36.5 Å². The van der Waals surface area contributed by atoms with E-state index in [0.29, 0.717) is 6.54 Å². The van der Waals surface area contributed by atoms with Crippen LogP contribution in [-0.4, -0.2) is 27.4 Å². The number of aryl methyl sites for hydroxylation is 1. The van der Waals surface area contributed by atoms with E-state index in [-0.39, 0.29) is 12.0 Å². The minimum atomic E-state index is -0.473. The topological polar surface area (TPSA) is 56.2 Å². The van der Waals surface area contributed by atoms with E-state index in [1.807, 2.05) is 57.6 Å². The van der Waals surface area contributed by atoms with Gasteiger partial charge in [-0.15, -0.1) is 0 Å². The van der Waals surface area contributed by atoms with Crippen LogP contribution in [0.5, 0.6) is 0 Å². The zero-order valence-corrected chi connectivity index (χ0v) is 14.5. The van der Waals surface area contributed by atoms with Gasteiger partial charge in [0, 0.05) is 25.4 Å². The van der Waals surface area contributed by atoms with E-state index in [9.17, 15) is 4.79 Å². The van der Waals surface area contributed by atoms with Crippen molar-refractivity contribution in [2.45, 2.75) is 45.9 Å². The summed E-state index contributed by atoms with van der Waals surface area (Å²) in [5.74, 6) is -0.240. The molecule has 2 aromatic rings. The van der Waals surface area contributed by atoms with E-state index in [2.05, 4.69) is 22.5 Å². The van der Waals surface area contributed by atoms with E-state index in [0.717, 1.165) is 16.8 Å². The van der Waals surface area contributed by atoms with Crippen molar-refractivity contribution >= 4 is 5.97 Å². The molecule has 0 bridgehead atoms. The van der Waals surface area contributed by atoms with Gasteiger partial charge in [0.1, 0.15) is 11.6 Å². The summed E-state index contributed by atoms with van der Waals surface area (Å²) in [6.45, 7) is 8.02. The SMILES string of the molecule is C[C@H](NCc1ccccc1-c1ccnn1C)C(=O)OC(C)(C)C. The molecule has 23 heavy (non-hydrogen) atoms. The molecule has 0 amide bonds. The first-order valence-electron chi connectivity index (χ1n) is 7.80. The molecule has 1 heterocycles. The molecule has 0 aliphatic carbocycles. The number of rotatable bonds is 5. The molecule has 1 aromatic heterocycles. The Morgan fingerprint density at radius 2 is 2.00 bits per heavy atom. The van der Waals surface area contributed by atoms with Gasteiger partial charge in [-0.05, 0) is 39.3 Å². The lowest BCUT2D eigenvalue weighted by molar-refractivity contribution is -0.157. The van der Waals surface area contributed by atoms with Crippen molar-refractivity contribution in [1.29, 1.82) is 0 Å². The van der Waals surface area contributed by atoms with Gasteiger partial charge in [-0.2, -0.15) is 5.10 Å². The summed E-state index contributed by atoms with van der Waals surface area (Å²) >= 11 is 0. The maximum atomic E-state index is 12.0. The Morgan fingerprint density at radius 1 is 1.30 bits per heavy atom. The van der Waals surface area contributed by atoms with Crippen LogP contribution >= 0.6 is 0 Å². The molecule has 0 aliphatic rings. The van der Waals surface area contributed by atoms with Gasteiger partial charge >= 0.3 is 5.97 Å². The number of aromatic nitrogens is 2. The third kappa shape index (κ3) is 4.66. The number of hydrogen-bond donors (Lipinski definition) is 1. The summed E-state index contributed by atoms with van der Waals surface area (Å²) in [6, 6.07) is 9.73. The van der Waals surface area contributed by atoms with Crippen LogP contribution in [0.2, 0.25) is 0 Å². The van der Waals surface area contributed by atoms with E-state index < -0.39 is 5.60 Å². The van der Waals surface area contributed by atoms with E-state index in [1.165, 1.54) is 0 Å². The van der Waals surface area contributed by atoms with Gasteiger partial charge < -0.3 is 10.1 Å². The second kappa shape index (κ2) is 6.96. The molecule has 0 saturated heterocycles. The number of benzene rings is 1. The lowest BCUT2D eigenvalue weighted by atomic mass is 10.0. The van der Waals surface area contributed by atoms with Gasteiger partial charge in [-0.25, -0.2) is 0 Å². The lowest BCUT2D eigenvalue weighted by Gasteiger charge is -2.23. The monoisotopic (exact) mass is 315 g/mol. The zero-order chi connectivity index (χ0) is 17.0. The summed E-state index contributed by atoms with van der Waals surface area (Å²) < 4.78 is 7.24. The van der Waals surface area contributed by atoms with E-state index >= 15 is 0 Å². The maximum Gasteiger partial charge on any atom is 0.323 e. The van der Waals surface area contributed by atoms with Crippen LogP contribution in [0.25, 0.3) is 11.3 Å². The minimum absolute atomic E-state index is 0.240. The summed E-state index contributed by atoms with van der Waals surface area (Å²) in [5.41, 5.74) is 2.80. The number of ether oxygens (including phenoxy) is 1. The summed E-state index contributed by atoms with van der Waals surface area (Å²) in [5, 5.41) is 7.46. The van der Waals surface area contributed by atoms with Gasteiger partial charge in [0.2, 0.25) is 0 Å². The van der Waals surface area contributed by atoms with Crippen molar-refractivity contribution in [3.05, 3.63) is 42.1 Å². The largest absolute Gasteiger partial charge is 0.459 e. The average Bonchev–Trinajstić information content (AvgIpc) is 2.89. The molecule has 1 aromatic carbocycles. The standard InChI is InChI=1S/C18H25N3O2/c1-13(17(22)23-18(2,3)4)19-12-14-8-6-7-9-15(14)16-10-11-20-21(16)5/h6-11,13,19H,12H2,1-5H3/t13-/m0/s1. The fraction of sp³-hybridized carbons (Fsp3) is 0.444. The Bertz CT molecular complexity index is 671. The normalized spacial score (nSPS) is 12.9. The van der Waals surface area contributed by atoms with Gasteiger partial charge in [0.15, 0.2) is 0 Å². The van der Waals surface area contributed by atoms with Gasteiger partial charge in [-0.3, -0.25) is 9.48 Å². The lowest BCUT2D eigenvalue weighted by Crippen LogP contribution is -2.38. The zero-order valence-electron chi connectivity index (χ0n) is 14.5. The smallest absolute Gasteiger partial charge is 0.323 e. The molecule has 0 saturated carbocycles. The van der Waals surface area contributed by atoms with Gasteiger partial charge in [0.05, 0.1) is 5.69 Å². The molecule has 0 fully saturated rings. The average molecular weight is 315 g/mol. The molecule has 2 rings (SSSR count). The molecule has 5 nitrogen and oxygen atoms in total. The highest BCUT2D eigenvalue weighted by atomic mass is 16.6. The molecule has 0 unspecified atom stereocenters. The van der Waals surface area contributed by atoms with E-state index in [4.69, 9.17) is 4.74 Å². The van der Waals surface area contributed by atoms with Crippen molar-refractivity contribution in [2.24, 2.45) is 7.05 Å². The van der Waals surface area contributed by atoms with Gasteiger partial charge in [0.25, 0.3) is 0 Å². The number of carbonyl (C=O) groups is 1. The van der Waals surface area contributed by atoms with Crippen molar-refractivity contribution in [3.63, 3.8) is 0 Å². The first kappa shape index (κ1) is 17.2. The summed E-state index contributed by atoms with van der Waals surface area (Å²) in [6.07, 6.45) is 1.78. The highest BCUT2D eigenvalue weighted by Crippen LogP contribution is 2.22. The Hall–Kier alpha value is -2.14. The first-order chi connectivity index (χ1) is 10.8. The molecular weight excluding hydrogens is 290 g/mol. The maximum absolute atomic E-state index is 12.0. The van der Waals surface area contributed by atoms with Crippen LogP contribution in [0.1, 0.15) is 33.3 Å². The summed E-state index contributed by atoms with van der Waals surface area (Å²) in [4.78, 5) is 12.0. The first-order valence-corrected chi connectivity index (χ1v) is 7.80. The van der Waals surface area contributed by atoms with Crippen LogP contribution in [0.4, 0.5) is 0 Å². The molecule has 1 atom stereocenters. The Morgan fingerprint density at radius 3 is 2.61 bits per heavy atom. The third-order valence-corrected chi connectivity index (χ3v) is 3.47. The highest BCUT2D eigenvalue weighted by molar-refractivity contribution is 5.75. The molecule has 1 N–H and O–H groups in total. The predicted molar refractivity (Wildman–Crippen MR) is 90.8 cm³/mol. The Balaban J connectivity index is 2.07. The third-order valence-electron chi connectivity index (χ3n) is 3.47. The van der Waals surface area contributed by atoms with Gasteiger partial charge in [-0.1, -0.05) is 24.3 Å². The second-order valence-corrected chi connectivity index (χ2v) is 6.63. The van der Waals surface area contributed by atoms with Crippen molar-refractivity contribution < 1.29 is 9.53 Å². The van der Waals surface area contributed by atoms with Crippen LogP contribution in [0, 0.1) is 0 Å². The molecule has 124 valence electrons. The van der Waals surface area contributed by atoms with Crippen LogP contribution in [0.3, 0.4) is 0 Å². The number of hydrogen-bond acceptors (Lipinski definition) is 4. The molecule has 0 spiro atoms. The number of carbonyl (C=O) groups excluding carboxylic acids is 1. The minimum Gasteiger partial charge on any atom is -0.459 e. The Labute approximate surface area is 137 Å². The quantitative estimate of drug-likeness (QED) is 0.862. The summed E-state index contributed by atoms with van der Waals surface area (Å²) in [7, 11) is 1.92. The predicted octanol–water partition coefficient (Wildman–Crippen LogP) is 2.91. The second-order valence-electron chi connectivity index (χ2n) is 6.63. The van der Waals surface area contributed by atoms with Crippen molar-refractivity contribution in [2.75, 3.05) is 0 Å². The number of esters is 1. The molecule has 0 radical (unpaired) electrons. The molecular formula is C18H25N3O2. The Kier molecular flexibility index (Phi) is 5.21. The van der Waals surface area contributed by atoms with Crippen LogP contribution in [-0.2, 0) is 23.1 Å².